The number of aromatic nitrogens is 2. The van der Waals surface area contributed by atoms with Crippen molar-refractivity contribution in [2.75, 3.05) is 28.8 Å². The predicted octanol–water partition coefficient (Wildman–Crippen LogP) is 2.93. The van der Waals surface area contributed by atoms with Gasteiger partial charge in [-0.1, -0.05) is 21.1 Å². The Morgan fingerprint density at radius 1 is 1.36 bits per heavy atom. The van der Waals surface area contributed by atoms with Crippen LogP contribution in [-0.2, 0) is 4.84 Å². The lowest BCUT2D eigenvalue weighted by molar-refractivity contribution is 0.174. The quantitative estimate of drug-likeness (QED) is 0.729. The van der Waals surface area contributed by atoms with E-state index in [2.05, 4.69) is 52.6 Å². The van der Waals surface area contributed by atoms with Crippen LogP contribution in [0.1, 0.15) is 5.69 Å². The van der Waals surface area contributed by atoms with E-state index in [1.165, 1.54) is 6.07 Å². The van der Waals surface area contributed by atoms with Gasteiger partial charge in [0.05, 0.1) is 4.47 Å². The van der Waals surface area contributed by atoms with Gasteiger partial charge in [0.2, 0.25) is 11.7 Å². The molecule has 0 saturated carbocycles. The first-order valence-electron chi connectivity index (χ1n) is 6.26. The highest BCUT2D eigenvalue weighted by molar-refractivity contribution is 9.10. The second kappa shape index (κ2) is 6.61. The van der Waals surface area contributed by atoms with Crippen LogP contribution in [0.25, 0.3) is 0 Å². The number of anilines is 2. The molecular weight excluding hydrogens is 425 g/mol. The van der Waals surface area contributed by atoms with Gasteiger partial charge in [0.1, 0.15) is 5.82 Å². The Hall–Kier alpha value is -1.68. The summed E-state index contributed by atoms with van der Waals surface area (Å²) in [5.74, 6) is 0.567. The lowest BCUT2D eigenvalue weighted by Gasteiger charge is -2.17. The van der Waals surface area contributed by atoms with E-state index in [4.69, 9.17) is 9.47 Å². The molecule has 0 aliphatic carbocycles. The van der Waals surface area contributed by atoms with Crippen molar-refractivity contribution in [2.24, 2.45) is 5.16 Å². The van der Waals surface area contributed by atoms with Gasteiger partial charge >= 0.3 is 0 Å². The van der Waals surface area contributed by atoms with Crippen LogP contribution in [-0.4, -0.2) is 34.8 Å². The zero-order valence-corrected chi connectivity index (χ0v) is 14.3. The van der Waals surface area contributed by atoms with E-state index < -0.39 is 0 Å². The Balaban J connectivity index is 1.90. The molecule has 1 aliphatic rings. The third-order valence-electron chi connectivity index (χ3n) is 2.90. The SMILES string of the molecule is Fc1ccc(N2CON=C2c2nonc2NCCBr)cc1Br. The van der Waals surface area contributed by atoms with Crippen LogP contribution in [0.2, 0.25) is 0 Å². The molecule has 0 unspecified atom stereocenters. The molecular formula is C12H10Br2FN5O2. The van der Waals surface area contributed by atoms with E-state index in [0.717, 1.165) is 5.33 Å². The lowest BCUT2D eigenvalue weighted by Crippen LogP contribution is -2.29. The number of halogens is 3. The number of hydrogen-bond acceptors (Lipinski definition) is 7. The van der Waals surface area contributed by atoms with Gasteiger partial charge in [-0.05, 0) is 44.4 Å². The van der Waals surface area contributed by atoms with Crippen molar-refractivity contribution >= 4 is 49.2 Å². The normalized spacial score (nSPS) is 14.0. The smallest absolute Gasteiger partial charge is 0.208 e. The maximum Gasteiger partial charge on any atom is 0.208 e. The summed E-state index contributed by atoms with van der Waals surface area (Å²) in [5, 5.41) is 15.5. The van der Waals surface area contributed by atoms with Gasteiger partial charge in [0, 0.05) is 17.6 Å². The van der Waals surface area contributed by atoms with E-state index in [1.54, 1.807) is 17.0 Å². The molecule has 10 heteroatoms. The monoisotopic (exact) mass is 433 g/mol. The summed E-state index contributed by atoms with van der Waals surface area (Å²) in [5.41, 5.74) is 1.14. The molecule has 7 nitrogen and oxygen atoms in total. The molecule has 2 aromatic rings. The summed E-state index contributed by atoms with van der Waals surface area (Å²) in [6, 6.07) is 4.63. The third kappa shape index (κ3) is 2.93. The fourth-order valence-electron chi connectivity index (χ4n) is 1.90. The Morgan fingerprint density at radius 3 is 3.00 bits per heavy atom. The van der Waals surface area contributed by atoms with Gasteiger partial charge in [0.25, 0.3) is 0 Å². The Kier molecular flexibility index (Phi) is 4.57. The molecule has 1 aliphatic heterocycles. The molecule has 2 heterocycles. The number of nitrogens with one attached hydrogen (secondary N) is 1. The van der Waals surface area contributed by atoms with Crippen LogP contribution in [0, 0.1) is 5.82 Å². The van der Waals surface area contributed by atoms with Crippen LogP contribution in [0.4, 0.5) is 15.9 Å². The molecule has 0 atom stereocenters. The van der Waals surface area contributed by atoms with Crippen molar-refractivity contribution in [3.05, 3.63) is 34.2 Å². The molecule has 0 radical (unpaired) electrons. The van der Waals surface area contributed by atoms with Crippen LogP contribution in [0.5, 0.6) is 0 Å². The summed E-state index contributed by atoms with van der Waals surface area (Å²) in [6.45, 7) is 0.843. The van der Waals surface area contributed by atoms with Gasteiger partial charge in [-0.15, -0.1) is 0 Å². The molecule has 116 valence electrons. The number of rotatable bonds is 5. The minimum absolute atomic E-state index is 0.193. The summed E-state index contributed by atoms with van der Waals surface area (Å²) < 4.78 is 18.5. The Labute approximate surface area is 141 Å². The minimum Gasteiger partial charge on any atom is -0.371 e. The molecule has 0 spiro atoms. The molecule has 0 fully saturated rings. The van der Waals surface area contributed by atoms with E-state index in [-0.39, 0.29) is 12.5 Å². The molecule has 22 heavy (non-hydrogen) atoms. The number of amidine groups is 1. The van der Waals surface area contributed by atoms with Crippen molar-refractivity contribution in [2.45, 2.75) is 0 Å². The average Bonchev–Trinajstić information content (AvgIpc) is 3.15. The predicted molar refractivity (Wildman–Crippen MR) is 85.6 cm³/mol. The van der Waals surface area contributed by atoms with Crippen LogP contribution >= 0.6 is 31.9 Å². The average molecular weight is 435 g/mol. The van der Waals surface area contributed by atoms with Crippen molar-refractivity contribution < 1.29 is 13.9 Å². The number of hydrogen-bond donors (Lipinski definition) is 1. The van der Waals surface area contributed by atoms with Crippen LogP contribution in [0.15, 0.2) is 32.5 Å². The van der Waals surface area contributed by atoms with E-state index >= 15 is 0 Å². The van der Waals surface area contributed by atoms with Crippen LogP contribution < -0.4 is 10.2 Å². The molecule has 1 N–H and O–H groups in total. The van der Waals surface area contributed by atoms with Crippen molar-refractivity contribution in [3.8, 4) is 0 Å². The van der Waals surface area contributed by atoms with Gasteiger partial charge < -0.3 is 10.2 Å². The van der Waals surface area contributed by atoms with Crippen molar-refractivity contribution in [1.29, 1.82) is 0 Å². The summed E-state index contributed by atoms with van der Waals surface area (Å²) in [6.07, 6.45) is 0. The fourth-order valence-corrected chi connectivity index (χ4v) is 2.46. The van der Waals surface area contributed by atoms with E-state index in [0.29, 0.717) is 34.1 Å². The zero-order chi connectivity index (χ0) is 15.5. The highest BCUT2D eigenvalue weighted by Crippen LogP contribution is 2.27. The molecule has 0 bridgehead atoms. The third-order valence-corrected chi connectivity index (χ3v) is 3.90. The number of benzene rings is 1. The van der Waals surface area contributed by atoms with Crippen molar-refractivity contribution in [3.63, 3.8) is 0 Å². The minimum atomic E-state index is -0.342. The summed E-state index contributed by atoms with van der Waals surface area (Å²) in [4.78, 5) is 6.87. The first kappa shape index (κ1) is 15.2. The Morgan fingerprint density at radius 2 is 2.23 bits per heavy atom. The second-order valence-corrected chi connectivity index (χ2v) is 5.92. The number of nitrogens with zero attached hydrogens (tertiary/aromatic N) is 4. The Bertz CT molecular complexity index is 709. The highest BCUT2D eigenvalue weighted by Gasteiger charge is 2.28. The largest absolute Gasteiger partial charge is 0.371 e. The van der Waals surface area contributed by atoms with Gasteiger partial charge in [-0.25, -0.2) is 9.02 Å². The van der Waals surface area contributed by atoms with E-state index in [9.17, 15) is 4.39 Å². The lowest BCUT2D eigenvalue weighted by atomic mass is 10.2. The maximum absolute atomic E-state index is 13.4. The molecule has 1 aromatic carbocycles. The number of oxime groups is 1. The summed E-state index contributed by atoms with van der Waals surface area (Å²) >= 11 is 6.48. The van der Waals surface area contributed by atoms with E-state index in [1.807, 2.05) is 0 Å². The van der Waals surface area contributed by atoms with Gasteiger partial charge in [-0.2, -0.15) is 0 Å². The maximum atomic E-state index is 13.4. The van der Waals surface area contributed by atoms with Gasteiger partial charge in [0.15, 0.2) is 12.4 Å². The molecule has 0 amide bonds. The molecule has 3 rings (SSSR count). The molecule has 1 aromatic heterocycles. The number of alkyl halides is 1. The second-order valence-electron chi connectivity index (χ2n) is 4.28. The van der Waals surface area contributed by atoms with Gasteiger partial charge in [-0.3, -0.25) is 4.90 Å². The highest BCUT2D eigenvalue weighted by atomic mass is 79.9. The molecule has 0 saturated heterocycles. The van der Waals surface area contributed by atoms with Crippen molar-refractivity contribution in [1.82, 2.24) is 10.3 Å². The standard InChI is InChI=1S/C12H10Br2FN5O2/c13-3-4-16-11-10(17-22-18-11)12-19-21-6-20(12)7-1-2-9(15)8(14)5-7/h1-2,5H,3-4,6H2,(H,16,18). The fraction of sp³-hybridized carbons (Fsp3) is 0.250. The first-order chi connectivity index (χ1) is 10.7. The first-order valence-corrected chi connectivity index (χ1v) is 8.17. The van der Waals surface area contributed by atoms with Crippen LogP contribution in [0.3, 0.4) is 0 Å². The zero-order valence-electron chi connectivity index (χ0n) is 11.1. The topological polar surface area (TPSA) is 75.8 Å². The summed E-state index contributed by atoms with van der Waals surface area (Å²) in [7, 11) is 0.